The highest BCUT2D eigenvalue weighted by molar-refractivity contribution is 5.95. The van der Waals surface area contributed by atoms with Gasteiger partial charge < -0.3 is 14.6 Å². The molecule has 0 aliphatic heterocycles. The molecular weight excluding hydrogens is 314 g/mol. The maximum Gasteiger partial charge on any atom is 0.331 e. The number of hydrogen-bond donors (Lipinski definition) is 1. The molecule has 1 heterocycles. The zero-order valence-electron chi connectivity index (χ0n) is 14.6. The van der Waals surface area contributed by atoms with Crippen molar-refractivity contribution < 1.29 is 14.3 Å². The van der Waals surface area contributed by atoms with Gasteiger partial charge in [0.05, 0.1) is 12.7 Å². The van der Waals surface area contributed by atoms with E-state index < -0.39 is 28.7 Å². The normalized spacial score (nSPS) is 13.5. The summed E-state index contributed by atoms with van der Waals surface area (Å²) in [5.74, 6) is -1.07. The molecule has 0 saturated carbocycles. The van der Waals surface area contributed by atoms with Crippen molar-refractivity contribution in [2.45, 2.75) is 32.2 Å². The van der Waals surface area contributed by atoms with Crippen LogP contribution in [0.4, 0.5) is 0 Å². The minimum Gasteiger partial charge on any atom is -0.467 e. The molecule has 1 atom stereocenters. The van der Waals surface area contributed by atoms with Crippen LogP contribution < -0.4 is 16.6 Å². The van der Waals surface area contributed by atoms with E-state index in [1.165, 1.54) is 38.0 Å². The second-order valence-corrected chi connectivity index (χ2v) is 5.74. The molecule has 0 unspecified atom stereocenters. The summed E-state index contributed by atoms with van der Waals surface area (Å²) < 4.78 is 6.92. The van der Waals surface area contributed by atoms with Gasteiger partial charge in [0.1, 0.15) is 5.54 Å². The van der Waals surface area contributed by atoms with Crippen molar-refractivity contribution in [2.75, 3.05) is 7.11 Å². The number of esters is 1. The van der Waals surface area contributed by atoms with Crippen molar-refractivity contribution in [3.63, 3.8) is 0 Å². The Morgan fingerprint density at radius 3 is 2.50 bits per heavy atom. The van der Waals surface area contributed by atoms with E-state index in [4.69, 9.17) is 4.74 Å². The Morgan fingerprint density at radius 2 is 1.96 bits per heavy atom. The van der Waals surface area contributed by atoms with Gasteiger partial charge in [-0.1, -0.05) is 13.3 Å². The van der Waals surface area contributed by atoms with Crippen LogP contribution in [0.3, 0.4) is 0 Å². The lowest BCUT2D eigenvalue weighted by molar-refractivity contribution is -0.150. The van der Waals surface area contributed by atoms with Crippen LogP contribution in [0.1, 0.15) is 32.3 Å². The van der Waals surface area contributed by atoms with Gasteiger partial charge >= 0.3 is 11.7 Å². The van der Waals surface area contributed by atoms with Crippen LogP contribution in [-0.2, 0) is 28.4 Å². The Morgan fingerprint density at radius 1 is 1.33 bits per heavy atom. The largest absolute Gasteiger partial charge is 0.467 e. The van der Waals surface area contributed by atoms with E-state index in [1.807, 2.05) is 6.92 Å². The highest BCUT2D eigenvalue weighted by Gasteiger charge is 2.34. The summed E-state index contributed by atoms with van der Waals surface area (Å²) in [7, 11) is 4.12. The van der Waals surface area contributed by atoms with Gasteiger partial charge in [0.2, 0.25) is 5.91 Å². The molecule has 0 aliphatic rings. The zero-order valence-corrected chi connectivity index (χ0v) is 14.6. The monoisotopic (exact) mass is 337 g/mol. The van der Waals surface area contributed by atoms with E-state index in [9.17, 15) is 19.2 Å². The number of ether oxygens (including phenoxy) is 1. The number of carbonyl (C=O) groups excluding carboxylic acids is 2. The van der Waals surface area contributed by atoms with E-state index >= 15 is 0 Å². The van der Waals surface area contributed by atoms with Crippen LogP contribution in [0.5, 0.6) is 0 Å². The SMILES string of the molecule is CCC[C@@](C)(NC(=O)/C=C\c1cn(C)c(=O)n(C)c1=O)C(=O)OC. The second-order valence-electron chi connectivity index (χ2n) is 5.74. The Bertz CT molecular complexity index is 775. The number of aryl methyl sites for hydroxylation is 1. The number of hydrogen-bond acceptors (Lipinski definition) is 5. The smallest absolute Gasteiger partial charge is 0.331 e. The molecule has 1 aromatic rings. The lowest BCUT2D eigenvalue weighted by Crippen LogP contribution is -2.52. The lowest BCUT2D eigenvalue weighted by atomic mass is 9.96. The molecule has 132 valence electrons. The van der Waals surface area contributed by atoms with Crippen LogP contribution >= 0.6 is 0 Å². The topological polar surface area (TPSA) is 99.4 Å². The van der Waals surface area contributed by atoms with Crippen LogP contribution in [0.25, 0.3) is 6.08 Å². The third-order valence-electron chi connectivity index (χ3n) is 3.67. The van der Waals surface area contributed by atoms with Gasteiger partial charge in [0.15, 0.2) is 0 Å². The van der Waals surface area contributed by atoms with Crippen molar-refractivity contribution in [1.82, 2.24) is 14.5 Å². The maximum atomic E-state index is 12.1. The van der Waals surface area contributed by atoms with E-state index in [2.05, 4.69) is 5.32 Å². The molecular formula is C16H23N3O5. The Labute approximate surface area is 139 Å². The van der Waals surface area contributed by atoms with Gasteiger partial charge in [0, 0.05) is 26.4 Å². The fourth-order valence-electron chi connectivity index (χ4n) is 2.37. The molecule has 0 fully saturated rings. The number of aromatic nitrogens is 2. The Kier molecular flexibility index (Phi) is 6.27. The molecule has 8 nitrogen and oxygen atoms in total. The summed E-state index contributed by atoms with van der Waals surface area (Å²) >= 11 is 0. The molecule has 1 rings (SSSR count). The molecule has 0 bridgehead atoms. The molecule has 0 aromatic carbocycles. The summed E-state index contributed by atoms with van der Waals surface area (Å²) in [6, 6.07) is 0. The molecule has 1 amide bonds. The Hall–Kier alpha value is -2.64. The lowest BCUT2D eigenvalue weighted by Gasteiger charge is -2.26. The number of nitrogens with one attached hydrogen (secondary N) is 1. The number of nitrogens with zero attached hydrogens (tertiary/aromatic N) is 2. The fraction of sp³-hybridized carbons (Fsp3) is 0.500. The minimum atomic E-state index is -1.14. The summed E-state index contributed by atoms with van der Waals surface area (Å²) in [6.45, 7) is 3.47. The number of methoxy groups -OCH3 is 1. The van der Waals surface area contributed by atoms with Gasteiger partial charge in [-0.15, -0.1) is 0 Å². The predicted octanol–water partition coefficient (Wildman–Crippen LogP) is -0.0548. The fourth-order valence-corrected chi connectivity index (χ4v) is 2.37. The first kappa shape index (κ1) is 19.4. The molecule has 1 aromatic heterocycles. The molecule has 0 saturated heterocycles. The first-order valence-electron chi connectivity index (χ1n) is 7.51. The van der Waals surface area contributed by atoms with Crippen molar-refractivity contribution in [3.8, 4) is 0 Å². The third-order valence-corrected chi connectivity index (χ3v) is 3.67. The standard InChI is InChI=1S/C16H23N3O5/c1-6-9-16(2,14(22)24-5)17-12(20)8-7-11-10-18(3)15(23)19(4)13(11)21/h7-8,10H,6,9H2,1-5H3,(H,17,20)/b8-7-/t16-/m1/s1. The van der Waals surface area contributed by atoms with Gasteiger partial charge in [-0.05, 0) is 19.4 Å². The summed E-state index contributed by atoms with van der Waals surface area (Å²) in [6.07, 6.45) is 4.90. The van der Waals surface area contributed by atoms with Crippen molar-refractivity contribution in [3.05, 3.63) is 38.7 Å². The molecule has 1 N–H and O–H groups in total. The van der Waals surface area contributed by atoms with Crippen LogP contribution in [0, 0.1) is 0 Å². The van der Waals surface area contributed by atoms with Gasteiger partial charge in [-0.3, -0.25) is 14.2 Å². The molecule has 0 aliphatic carbocycles. The molecule has 8 heteroatoms. The maximum absolute atomic E-state index is 12.1. The van der Waals surface area contributed by atoms with E-state index in [0.717, 1.165) is 10.6 Å². The van der Waals surface area contributed by atoms with Gasteiger partial charge in [0.25, 0.3) is 5.56 Å². The quantitative estimate of drug-likeness (QED) is 0.579. The van der Waals surface area contributed by atoms with E-state index in [1.54, 1.807) is 6.92 Å². The van der Waals surface area contributed by atoms with Crippen LogP contribution in [0.2, 0.25) is 0 Å². The van der Waals surface area contributed by atoms with Crippen molar-refractivity contribution in [2.24, 2.45) is 14.1 Å². The molecule has 0 spiro atoms. The summed E-state index contributed by atoms with van der Waals surface area (Å²) in [5, 5.41) is 2.60. The van der Waals surface area contributed by atoms with Gasteiger partial charge in [-0.25, -0.2) is 9.59 Å². The minimum absolute atomic E-state index is 0.185. The number of amides is 1. The molecule has 0 radical (unpaired) electrons. The average molecular weight is 337 g/mol. The molecule has 24 heavy (non-hydrogen) atoms. The zero-order chi connectivity index (χ0) is 18.5. The Balaban J connectivity index is 3.03. The second kappa shape index (κ2) is 7.76. The highest BCUT2D eigenvalue weighted by Crippen LogP contribution is 2.14. The predicted molar refractivity (Wildman–Crippen MR) is 89.4 cm³/mol. The third kappa shape index (κ3) is 4.21. The number of rotatable bonds is 6. The summed E-state index contributed by atoms with van der Waals surface area (Å²) in [4.78, 5) is 47.6. The highest BCUT2D eigenvalue weighted by atomic mass is 16.5. The van der Waals surface area contributed by atoms with Crippen molar-refractivity contribution >= 4 is 18.0 Å². The van der Waals surface area contributed by atoms with E-state index in [-0.39, 0.29) is 5.56 Å². The van der Waals surface area contributed by atoms with E-state index in [0.29, 0.717) is 12.8 Å². The first-order chi connectivity index (χ1) is 11.2. The van der Waals surface area contributed by atoms with Crippen LogP contribution in [-0.4, -0.2) is 33.7 Å². The average Bonchev–Trinajstić information content (AvgIpc) is 2.54. The van der Waals surface area contributed by atoms with Crippen LogP contribution in [0.15, 0.2) is 21.9 Å². The van der Waals surface area contributed by atoms with Gasteiger partial charge in [-0.2, -0.15) is 0 Å². The number of carbonyl (C=O) groups is 2. The van der Waals surface area contributed by atoms with Crippen molar-refractivity contribution in [1.29, 1.82) is 0 Å². The first-order valence-corrected chi connectivity index (χ1v) is 7.51. The summed E-state index contributed by atoms with van der Waals surface area (Å²) in [5.41, 5.74) is -1.92.